The van der Waals surface area contributed by atoms with Crippen molar-refractivity contribution in [2.24, 2.45) is 0 Å². The number of nitro groups is 1. The van der Waals surface area contributed by atoms with E-state index in [1.807, 2.05) is 0 Å². The van der Waals surface area contributed by atoms with Crippen molar-refractivity contribution in [1.82, 2.24) is 0 Å². The second-order valence-electron chi connectivity index (χ2n) is 5.19. The molecule has 118 valence electrons. The molecule has 5 nitrogen and oxygen atoms in total. The Morgan fingerprint density at radius 1 is 1.45 bits per heavy atom. The fourth-order valence-corrected chi connectivity index (χ4v) is 3.10. The normalized spacial score (nSPS) is 24.1. The van der Waals surface area contributed by atoms with Gasteiger partial charge < -0.3 is 9.47 Å². The fourth-order valence-electron chi connectivity index (χ4n) is 2.52. The van der Waals surface area contributed by atoms with Gasteiger partial charge in [0.1, 0.15) is 6.10 Å². The lowest BCUT2D eigenvalue weighted by molar-refractivity contribution is -0.386. The van der Waals surface area contributed by atoms with E-state index in [4.69, 9.17) is 15.9 Å². The van der Waals surface area contributed by atoms with E-state index in [9.17, 15) is 10.1 Å². The summed E-state index contributed by atoms with van der Waals surface area (Å²) in [6, 6.07) is 6.62. The molecule has 1 saturated heterocycles. The van der Waals surface area contributed by atoms with E-state index in [0.717, 1.165) is 19.3 Å². The van der Waals surface area contributed by atoms with E-state index in [-0.39, 0.29) is 10.6 Å². The van der Waals surface area contributed by atoms with Crippen molar-refractivity contribution < 1.29 is 14.4 Å². The van der Waals surface area contributed by atoms with Crippen LogP contribution in [0.5, 0.6) is 0 Å². The van der Waals surface area contributed by atoms with Crippen LogP contribution >= 0.6 is 15.9 Å². The van der Waals surface area contributed by atoms with Gasteiger partial charge in [-0.15, -0.1) is 12.3 Å². The summed E-state index contributed by atoms with van der Waals surface area (Å²) in [5, 5.41) is 11.7. The predicted octanol–water partition coefficient (Wildman–Crippen LogP) is 3.97. The Morgan fingerprint density at radius 2 is 2.23 bits per heavy atom. The van der Waals surface area contributed by atoms with E-state index >= 15 is 0 Å². The zero-order valence-electron chi connectivity index (χ0n) is 12.2. The predicted molar refractivity (Wildman–Crippen MR) is 86.7 cm³/mol. The molecule has 0 N–H and O–H groups in total. The minimum atomic E-state index is -0.733. The number of rotatable bonds is 7. The maximum atomic E-state index is 11.1. The molecule has 1 fully saturated rings. The smallest absolute Gasteiger partial charge is 0.275 e. The summed E-state index contributed by atoms with van der Waals surface area (Å²) < 4.78 is 11.9. The lowest BCUT2D eigenvalue weighted by Crippen LogP contribution is -2.32. The fraction of sp³-hybridized carbons (Fsp3) is 0.500. The van der Waals surface area contributed by atoms with Crippen molar-refractivity contribution in [3.63, 3.8) is 0 Å². The SMILES string of the molecule is C#CCCCCC1(CBr)OCC(c2ccccc2[N+](=O)[O-])O1. The van der Waals surface area contributed by atoms with Crippen molar-refractivity contribution in [2.75, 3.05) is 11.9 Å². The van der Waals surface area contributed by atoms with E-state index in [0.29, 0.717) is 23.9 Å². The van der Waals surface area contributed by atoms with Crippen LogP contribution < -0.4 is 0 Å². The van der Waals surface area contributed by atoms with Crippen LogP contribution in [-0.2, 0) is 9.47 Å². The molecule has 6 heteroatoms. The molecular weight excluding hydrogens is 350 g/mol. The van der Waals surface area contributed by atoms with Gasteiger partial charge in [0.2, 0.25) is 0 Å². The Morgan fingerprint density at radius 3 is 2.91 bits per heavy atom. The Bertz CT molecular complexity index is 572. The highest BCUT2D eigenvalue weighted by Crippen LogP contribution is 2.40. The number of para-hydroxylation sites is 1. The molecular formula is C16H18BrNO4. The molecule has 2 unspecified atom stereocenters. The number of hydrogen-bond acceptors (Lipinski definition) is 4. The first-order chi connectivity index (χ1) is 10.6. The highest BCUT2D eigenvalue weighted by atomic mass is 79.9. The molecule has 0 radical (unpaired) electrons. The first kappa shape index (κ1) is 16.9. The lowest BCUT2D eigenvalue weighted by Gasteiger charge is -2.25. The third-order valence-corrected chi connectivity index (χ3v) is 4.52. The second kappa shape index (κ2) is 7.73. The number of hydrogen-bond donors (Lipinski definition) is 0. The molecule has 1 aromatic carbocycles. The molecule has 0 aromatic heterocycles. The van der Waals surface area contributed by atoms with Gasteiger partial charge in [-0.3, -0.25) is 10.1 Å². The summed E-state index contributed by atoms with van der Waals surface area (Å²) in [7, 11) is 0. The van der Waals surface area contributed by atoms with Crippen LogP contribution in [0, 0.1) is 22.5 Å². The van der Waals surface area contributed by atoms with Gasteiger partial charge in [0, 0.05) is 18.9 Å². The first-order valence-electron chi connectivity index (χ1n) is 7.16. The zero-order valence-corrected chi connectivity index (χ0v) is 13.8. The number of alkyl halides is 1. The number of nitrogens with zero attached hydrogens (tertiary/aromatic N) is 1. The summed E-state index contributed by atoms with van der Waals surface area (Å²) >= 11 is 3.43. The quantitative estimate of drug-likeness (QED) is 0.240. The summed E-state index contributed by atoms with van der Waals surface area (Å²) in [6.45, 7) is 0.311. The second-order valence-corrected chi connectivity index (χ2v) is 5.75. The molecule has 0 spiro atoms. The molecule has 1 heterocycles. The zero-order chi connectivity index (χ0) is 16.0. The van der Waals surface area contributed by atoms with Crippen LogP contribution in [0.2, 0.25) is 0 Å². The average molecular weight is 368 g/mol. The van der Waals surface area contributed by atoms with Gasteiger partial charge >= 0.3 is 0 Å². The summed E-state index contributed by atoms with van der Waals surface area (Å²) in [5.74, 6) is 1.88. The Kier molecular flexibility index (Phi) is 5.95. The summed E-state index contributed by atoms with van der Waals surface area (Å²) in [5.41, 5.74) is 0.618. The van der Waals surface area contributed by atoms with Crippen LogP contribution in [0.3, 0.4) is 0 Å². The molecule has 22 heavy (non-hydrogen) atoms. The molecule has 1 aliphatic heterocycles. The van der Waals surface area contributed by atoms with Gasteiger partial charge in [-0.1, -0.05) is 28.1 Å². The third-order valence-electron chi connectivity index (χ3n) is 3.67. The minimum absolute atomic E-state index is 0.0637. The largest absolute Gasteiger partial charge is 0.346 e. The maximum Gasteiger partial charge on any atom is 0.275 e. The summed E-state index contributed by atoms with van der Waals surface area (Å²) in [4.78, 5) is 10.7. The number of unbranched alkanes of at least 4 members (excludes halogenated alkanes) is 2. The van der Waals surface area contributed by atoms with E-state index in [2.05, 4.69) is 21.9 Å². The molecule has 1 aromatic rings. The van der Waals surface area contributed by atoms with Crippen LogP contribution in [0.25, 0.3) is 0 Å². The first-order valence-corrected chi connectivity index (χ1v) is 8.28. The van der Waals surface area contributed by atoms with Gasteiger partial charge in [0.15, 0.2) is 5.79 Å². The van der Waals surface area contributed by atoms with E-state index in [1.165, 1.54) is 6.07 Å². The lowest BCUT2D eigenvalue weighted by atomic mass is 10.1. The van der Waals surface area contributed by atoms with Crippen molar-refractivity contribution in [1.29, 1.82) is 0 Å². The monoisotopic (exact) mass is 367 g/mol. The van der Waals surface area contributed by atoms with E-state index in [1.54, 1.807) is 18.2 Å². The third kappa shape index (κ3) is 3.86. The minimum Gasteiger partial charge on any atom is -0.346 e. The Hall–Kier alpha value is -1.42. The van der Waals surface area contributed by atoms with Gasteiger partial charge in [-0.05, 0) is 18.9 Å². The van der Waals surface area contributed by atoms with Crippen molar-refractivity contribution in [3.05, 3.63) is 39.9 Å². The Labute approximate surface area is 138 Å². The van der Waals surface area contributed by atoms with Crippen LogP contribution in [0.15, 0.2) is 24.3 Å². The van der Waals surface area contributed by atoms with Crippen molar-refractivity contribution in [2.45, 2.75) is 37.6 Å². The number of benzene rings is 1. The van der Waals surface area contributed by atoms with Crippen LogP contribution in [0.1, 0.15) is 37.4 Å². The molecule has 0 bridgehead atoms. The highest BCUT2D eigenvalue weighted by Gasteiger charge is 2.42. The molecule has 2 atom stereocenters. The molecule has 1 aliphatic rings. The van der Waals surface area contributed by atoms with Gasteiger partial charge in [-0.25, -0.2) is 0 Å². The highest BCUT2D eigenvalue weighted by molar-refractivity contribution is 9.09. The van der Waals surface area contributed by atoms with Crippen LogP contribution in [-0.4, -0.2) is 22.6 Å². The van der Waals surface area contributed by atoms with E-state index < -0.39 is 11.9 Å². The average Bonchev–Trinajstić information content (AvgIpc) is 2.96. The Balaban J connectivity index is 2.07. The van der Waals surface area contributed by atoms with Gasteiger partial charge in [0.05, 0.1) is 22.4 Å². The number of ether oxygens (including phenoxy) is 2. The topological polar surface area (TPSA) is 61.6 Å². The van der Waals surface area contributed by atoms with Gasteiger partial charge in [-0.2, -0.15) is 0 Å². The molecule has 2 rings (SSSR count). The maximum absolute atomic E-state index is 11.1. The summed E-state index contributed by atoms with van der Waals surface area (Å²) in [6.07, 6.45) is 8.05. The number of nitro benzene ring substituents is 1. The van der Waals surface area contributed by atoms with Crippen LogP contribution in [0.4, 0.5) is 5.69 Å². The van der Waals surface area contributed by atoms with Gasteiger partial charge in [0.25, 0.3) is 5.69 Å². The number of halogens is 1. The van der Waals surface area contributed by atoms with Crippen molar-refractivity contribution in [3.8, 4) is 12.3 Å². The molecule has 0 amide bonds. The number of terminal acetylenes is 1. The van der Waals surface area contributed by atoms with Crippen molar-refractivity contribution >= 4 is 21.6 Å². The molecule has 0 saturated carbocycles. The molecule has 0 aliphatic carbocycles. The standard InChI is InChI=1S/C16H18BrNO4/c1-2-3-4-7-10-16(12-17)21-11-15(22-16)13-8-5-6-9-14(13)18(19)20/h1,5-6,8-9,15H,3-4,7,10-12H2.